The van der Waals surface area contributed by atoms with Gasteiger partial charge in [0.2, 0.25) is 5.91 Å². The van der Waals surface area contributed by atoms with E-state index in [1.54, 1.807) is 12.3 Å². The molecule has 0 bridgehead atoms. The molecule has 2 N–H and O–H groups in total. The third-order valence-corrected chi connectivity index (χ3v) is 5.01. The molecule has 3 heterocycles. The summed E-state index contributed by atoms with van der Waals surface area (Å²) in [5, 5.41) is 6.72. The van der Waals surface area contributed by atoms with Crippen molar-refractivity contribution in [3.05, 3.63) is 47.8 Å². The molecule has 1 aromatic carbocycles. The van der Waals surface area contributed by atoms with Gasteiger partial charge in [-0.15, -0.1) is 0 Å². The Hall–Kier alpha value is -2.70. The Bertz CT molecular complexity index is 889. The van der Waals surface area contributed by atoms with Crippen LogP contribution >= 0.6 is 0 Å². The van der Waals surface area contributed by atoms with Crippen molar-refractivity contribution in [2.24, 2.45) is 0 Å². The summed E-state index contributed by atoms with van der Waals surface area (Å²) in [6.07, 6.45) is 8.76. The molecule has 26 heavy (non-hydrogen) atoms. The Labute approximate surface area is 150 Å². The number of amides is 1. The fourth-order valence-electron chi connectivity index (χ4n) is 3.68. The molecule has 1 saturated heterocycles. The predicted molar refractivity (Wildman–Crippen MR) is 95.9 cm³/mol. The van der Waals surface area contributed by atoms with Crippen molar-refractivity contribution in [1.82, 2.24) is 25.1 Å². The van der Waals surface area contributed by atoms with Crippen molar-refractivity contribution in [2.45, 2.75) is 44.6 Å². The van der Waals surface area contributed by atoms with Crippen molar-refractivity contribution in [3.8, 4) is 0 Å². The number of nitrogens with one attached hydrogen (secondary N) is 2. The topological polar surface area (TPSA) is 77.7 Å². The number of aromatic nitrogens is 4. The molecule has 0 saturated carbocycles. The summed E-state index contributed by atoms with van der Waals surface area (Å²) in [5.41, 5.74) is 2.53. The molecule has 136 valence electrons. The average molecular weight is 355 g/mol. The molecule has 1 aliphatic rings. The molecule has 1 unspecified atom stereocenters. The van der Waals surface area contributed by atoms with Crippen LogP contribution in [-0.2, 0) is 11.2 Å². The van der Waals surface area contributed by atoms with Crippen molar-refractivity contribution in [3.63, 3.8) is 0 Å². The summed E-state index contributed by atoms with van der Waals surface area (Å²) in [6, 6.07) is 4.48. The highest BCUT2D eigenvalue weighted by Crippen LogP contribution is 2.31. The smallest absolute Gasteiger partial charge is 0.223 e. The molecule has 0 spiro atoms. The first-order chi connectivity index (χ1) is 12.7. The highest BCUT2D eigenvalue weighted by atomic mass is 19.1. The Kier molecular flexibility index (Phi) is 4.69. The fourth-order valence-corrected chi connectivity index (χ4v) is 3.68. The number of rotatable bonds is 5. The molecule has 1 atom stereocenters. The second-order valence-corrected chi connectivity index (χ2v) is 6.84. The molecule has 1 aliphatic heterocycles. The molecule has 1 amide bonds. The maximum absolute atomic E-state index is 13.4. The molecular weight excluding hydrogens is 333 g/mol. The monoisotopic (exact) mass is 355 g/mol. The van der Waals surface area contributed by atoms with Gasteiger partial charge in [-0.25, -0.2) is 9.37 Å². The Balaban J connectivity index is 1.47. The Morgan fingerprint density at radius 3 is 3.12 bits per heavy atom. The number of nitrogens with zero attached hydrogens (tertiary/aromatic N) is 3. The maximum Gasteiger partial charge on any atom is 0.223 e. The lowest BCUT2D eigenvalue weighted by Crippen LogP contribution is -2.38. The number of hydrogen-bond acceptors (Lipinski definition) is 3. The third-order valence-electron chi connectivity index (χ3n) is 5.01. The summed E-state index contributed by atoms with van der Waals surface area (Å²) in [4.78, 5) is 22.5. The van der Waals surface area contributed by atoms with Crippen LogP contribution < -0.4 is 0 Å². The highest BCUT2D eigenvalue weighted by molar-refractivity contribution is 5.78. The predicted octanol–water partition coefficient (Wildman–Crippen LogP) is 3.50. The number of aromatic amines is 2. The van der Waals surface area contributed by atoms with Crippen molar-refractivity contribution < 1.29 is 9.18 Å². The van der Waals surface area contributed by atoms with Gasteiger partial charge in [0.1, 0.15) is 11.6 Å². The highest BCUT2D eigenvalue weighted by Gasteiger charge is 2.29. The lowest BCUT2D eigenvalue weighted by Gasteiger charge is -2.34. The second-order valence-electron chi connectivity index (χ2n) is 6.84. The van der Waals surface area contributed by atoms with E-state index >= 15 is 0 Å². The average Bonchev–Trinajstić information content (AvgIpc) is 3.30. The number of benzene rings is 1. The van der Waals surface area contributed by atoms with E-state index in [4.69, 9.17) is 0 Å². The summed E-state index contributed by atoms with van der Waals surface area (Å²) < 4.78 is 13.4. The number of fused-ring (bicyclic) bond motifs is 1. The molecule has 0 radical (unpaired) electrons. The fraction of sp³-hybridized carbons (Fsp3) is 0.421. The Morgan fingerprint density at radius 1 is 1.35 bits per heavy atom. The zero-order chi connectivity index (χ0) is 17.9. The minimum Gasteiger partial charge on any atom is -0.340 e. The van der Waals surface area contributed by atoms with Crippen molar-refractivity contribution >= 4 is 16.9 Å². The van der Waals surface area contributed by atoms with Crippen LogP contribution in [0.4, 0.5) is 4.39 Å². The SMILES string of the molecule is O=C(CCCc1cn[nH]c1)N1CCCCC1c1nc2ccc(F)cc2[nH]1. The normalized spacial score (nSPS) is 17.7. The van der Waals surface area contributed by atoms with E-state index in [9.17, 15) is 9.18 Å². The van der Waals surface area contributed by atoms with E-state index in [2.05, 4.69) is 20.2 Å². The summed E-state index contributed by atoms with van der Waals surface area (Å²) >= 11 is 0. The molecule has 2 aromatic heterocycles. The lowest BCUT2D eigenvalue weighted by atomic mass is 10.0. The van der Waals surface area contributed by atoms with E-state index < -0.39 is 0 Å². The Morgan fingerprint density at radius 2 is 2.27 bits per heavy atom. The first kappa shape index (κ1) is 16.8. The van der Waals surface area contributed by atoms with Gasteiger partial charge in [-0.3, -0.25) is 9.89 Å². The van der Waals surface area contributed by atoms with Crippen LogP contribution in [-0.4, -0.2) is 37.5 Å². The number of aryl methyl sites for hydroxylation is 1. The van der Waals surface area contributed by atoms with E-state index in [-0.39, 0.29) is 17.8 Å². The molecule has 7 heteroatoms. The second kappa shape index (κ2) is 7.27. The lowest BCUT2D eigenvalue weighted by molar-refractivity contribution is -0.135. The molecule has 3 aromatic rings. The number of carbonyl (C=O) groups excluding carboxylic acids is 1. The van der Waals surface area contributed by atoms with Crippen LogP contribution in [0.1, 0.15) is 49.5 Å². The number of likely N-dealkylation sites (tertiary alicyclic amines) is 1. The zero-order valence-corrected chi connectivity index (χ0v) is 14.5. The van der Waals surface area contributed by atoms with E-state index in [1.165, 1.54) is 12.1 Å². The molecule has 6 nitrogen and oxygen atoms in total. The minimum atomic E-state index is -0.288. The van der Waals surface area contributed by atoms with Crippen LogP contribution in [0.15, 0.2) is 30.6 Å². The molecular formula is C19H22FN5O. The van der Waals surface area contributed by atoms with Crippen LogP contribution in [0.3, 0.4) is 0 Å². The van der Waals surface area contributed by atoms with Crippen molar-refractivity contribution in [2.75, 3.05) is 6.54 Å². The number of imidazole rings is 1. The van der Waals surface area contributed by atoms with Gasteiger partial charge in [0, 0.05) is 19.2 Å². The van der Waals surface area contributed by atoms with Gasteiger partial charge in [0.25, 0.3) is 0 Å². The van der Waals surface area contributed by atoms with E-state index in [0.717, 1.165) is 55.6 Å². The summed E-state index contributed by atoms with van der Waals surface area (Å²) in [5.74, 6) is 0.627. The van der Waals surface area contributed by atoms with E-state index in [1.807, 2.05) is 11.1 Å². The number of carbonyl (C=O) groups is 1. The van der Waals surface area contributed by atoms with Crippen LogP contribution in [0, 0.1) is 5.82 Å². The van der Waals surface area contributed by atoms with Gasteiger partial charge < -0.3 is 9.88 Å². The van der Waals surface area contributed by atoms with E-state index in [0.29, 0.717) is 11.9 Å². The maximum atomic E-state index is 13.4. The quantitative estimate of drug-likeness (QED) is 0.735. The van der Waals surface area contributed by atoms with Gasteiger partial charge >= 0.3 is 0 Å². The molecule has 0 aliphatic carbocycles. The number of hydrogen-bond donors (Lipinski definition) is 2. The first-order valence-corrected chi connectivity index (χ1v) is 9.13. The minimum absolute atomic E-state index is 0.0550. The van der Waals surface area contributed by atoms with Crippen molar-refractivity contribution in [1.29, 1.82) is 0 Å². The standard InChI is InChI=1S/C19H22FN5O/c20-14-7-8-15-16(10-14)24-19(23-15)17-5-1-2-9-25(17)18(26)6-3-4-13-11-21-22-12-13/h7-8,10-12,17H,1-6,9H2,(H,21,22)(H,23,24). The van der Waals surface area contributed by atoms with Crippen LogP contribution in [0.25, 0.3) is 11.0 Å². The summed E-state index contributed by atoms with van der Waals surface area (Å²) in [6.45, 7) is 0.751. The zero-order valence-electron chi connectivity index (χ0n) is 14.5. The van der Waals surface area contributed by atoms with Gasteiger partial charge in [-0.05, 0) is 55.9 Å². The first-order valence-electron chi connectivity index (χ1n) is 9.13. The largest absolute Gasteiger partial charge is 0.340 e. The van der Waals surface area contributed by atoms with Gasteiger partial charge in [0.15, 0.2) is 0 Å². The molecule has 4 rings (SSSR count). The van der Waals surface area contributed by atoms with Gasteiger partial charge in [-0.1, -0.05) is 0 Å². The number of piperidine rings is 1. The van der Waals surface area contributed by atoms with Crippen LogP contribution in [0.5, 0.6) is 0 Å². The number of halogens is 1. The van der Waals surface area contributed by atoms with Gasteiger partial charge in [-0.2, -0.15) is 5.10 Å². The van der Waals surface area contributed by atoms with Gasteiger partial charge in [0.05, 0.1) is 23.3 Å². The number of H-pyrrole nitrogens is 2. The van der Waals surface area contributed by atoms with Crippen LogP contribution in [0.2, 0.25) is 0 Å². The molecule has 1 fully saturated rings. The third kappa shape index (κ3) is 3.47. The summed E-state index contributed by atoms with van der Waals surface area (Å²) in [7, 11) is 0.